The molecule has 0 spiro atoms. The summed E-state index contributed by atoms with van der Waals surface area (Å²) in [5, 5.41) is 5.34. The SMILES string of the molecule is Cc1ccc(NC(=O)CSc2nc3ccsc3c(=O)n2Cc2ccccc2)cc1C. The Labute approximate surface area is 182 Å². The van der Waals surface area contributed by atoms with Crippen molar-refractivity contribution in [2.75, 3.05) is 11.1 Å². The summed E-state index contributed by atoms with van der Waals surface area (Å²) in [4.78, 5) is 30.2. The number of thioether (sulfide) groups is 1. The van der Waals surface area contributed by atoms with Gasteiger partial charge in [0.05, 0.1) is 17.8 Å². The van der Waals surface area contributed by atoms with Gasteiger partial charge in [-0.05, 0) is 54.1 Å². The Morgan fingerprint density at radius 3 is 2.67 bits per heavy atom. The molecule has 0 fully saturated rings. The summed E-state index contributed by atoms with van der Waals surface area (Å²) < 4.78 is 2.29. The van der Waals surface area contributed by atoms with Crippen molar-refractivity contribution in [3.63, 3.8) is 0 Å². The Hall–Kier alpha value is -2.90. The maximum absolute atomic E-state index is 13.0. The Morgan fingerprint density at radius 1 is 1.10 bits per heavy atom. The van der Waals surface area contributed by atoms with Gasteiger partial charge in [0.25, 0.3) is 5.56 Å². The lowest BCUT2D eigenvalue weighted by atomic mass is 10.1. The summed E-state index contributed by atoms with van der Waals surface area (Å²) in [7, 11) is 0. The van der Waals surface area contributed by atoms with Crippen LogP contribution in [-0.4, -0.2) is 21.2 Å². The van der Waals surface area contributed by atoms with Crippen molar-refractivity contribution in [2.45, 2.75) is 25.5 Å². The first-order valence-electron chi connectivity index (χ1n) is 9.53. The average molecular weight is 436 g/mol. The van der Waals surface area contributed by atoms with Crippen molar-refractivity contribution in [3.8, 4) is 0 Å². The monoisotopic (exact) mass is 435 g/mol. The number of benzene rings is 2. The second-order valence-corrected chi connectivity index (χ2v) is 8.90. The molecule has 7 heteroatoms. The lowest BCUT2D eigenvalue weighted by molar-refractivity contribution is -0.113. The minimum absolute atomic E-state index is 0.0732. The molecule has 0 aliphatic rings. The van der Waals surface area contributed by atoms with Crippen LogP contribution in [0.4, 0.5) is 5.69 Å². The van der Waals surface area contributed by atoms with Crippen molar-refractivity contribution in [3.05, 3.63) is 87.0 Å². The number of nitrogens with zero attached hydrogens (tertiary/aromatic N) is 2. The van der Waals surface area contributed by atoms with Gasteiger partial charge in [0.1, 0.15) is 4.70 Å². The maximum Gasteiger partial charge on any atom is 0.272 e. The zero-order valence-corrected chi connectivity index (χ0v) is 18.3. The fraction of sp³-hybridized carbons (Fsp3) is 0.174. The number of nitrogens with one attached hydrogen (secondary N) is 1. The predicted octanol–water partition coefficient (Wildman–Crippen LogP) is 4.85. The van der Waals surface area contributed by atoms with E-state index in [0.29, 0.717) is 21.9 Å². The fourth-order valence-corrected chi connectivity index (χ4v) is 4.66. The molecule has 4 rings (SSSR count). The lowest BCUT2D eigenvalue weighted by Gasteiger charge is -2.12. The minimum atomic E-state index is -0.130. The highest BCUT2D eigenvalue weighted by Gasteiger charge is 2.15. The number of amides is 1. The van der Waals surface area contributed by atoms with Crippen LogP contribution >= 0.6 is 23.1 Å². The topological polar surface area (TPSA) is 64.0 Å². The molecular formula is C23H21N3O2S2. The smallest absolute Gasteiger partial charge is 0.272 e. The van der Waals surface area contributed by atoms with Crippen molar-refractivity contribution in [1.29, 1.82) is 0 Å². The number of rotatable bonds is 6. The molecular weight excluding hydrogens is 414 g/mol. The molecule has 0 saturated heterocycles. The van der Waals surface area contributed by atoms with E-state index in [2.05, 4.69) is 10.3 Å². The quantitative estimate of drug-likeness (QED) is 0.347. The van der Waals surface area contributed by atoms with Crippen molar-refractivity contribution >= 4 is 44.9 Å². The molecule has 4 aromatic rings. The van der Waals surface area contributed by atoms with Crippen molar-refractivity contribution < 1.29 is 4.79 Å². The van der Waals surface area contributed by atoms with Gasteiger partial charge in [-0.1, -0.05) is 48.2 Å². The van der Waals surface area contributed by atoms with Gasteiger partial charge in [-0.25, -0.2) is 4.98 Å². The third-order valence-corrected chi connectivity index (χ3v) is 6.71. The van der Waals surface area contributed by atoms with Crippen LogP contribution < -0.4 is 10.9 Å². The number of thiophene rings is 1. The second kappa shape index (κ2) is 8.85. The molecule has 1 N–H and O–H groups in total. The fourth-order valence-electron chi connectivity index (χ4n) is 3.09. The van der Waals surface area contributed by atoms with Crippen LogP contribution in [-0.2, 0) is 11.3 Å². The number of aryl methyl sites for hydroxylation is 2. The van der Waals surface area contributed by atoms with Crippen molar-refractivity contribution in [1.82, 2.24) is 9.55 Å². The lowest BCUT2D eigenvalue weighted by Crippen LogP contribution is -2.24. The molecule has 0 aliphatic carbocycles. The van der Waals surface area contributed by atoms with E-state index in [4.69, 9.17) is 0 Å². The minimum Gasteiger partial charge on any atom is -0.325 e. The normalized spacial score (nSPS) is 11.0. The van der Waals surface area contributed by atoms with Crippen LogP contribution in [0.2, 0.25) is 0 Å². The van der Waals surface area contributed by atoms with E-state index >= 15 is 0 Å². The Balaban J connectivity index is 1.56. The molecule has 0 unspecified atom stereocenters. The number of hydrogen-bond donors (Lipinski definition) is 1. The molecule has 2 aromatic heterocycles. The van der Waals surface area contributed by atoms with E-state index in [-0.39, 0.29) is 17.2 Å². The first kappa shape index (κ1) is 20.4. The van der Waals surface area contributed by atoms with E-state index in [1.807, 2.05) is 73.8 Å². The molecule has 0 bridgehead atoms. The van der Waals surface area contributed by atoms with Crippen LogP contribution in [0.1, 0.15) is 16.7 Å². The van der Waals surface area contributed by atoms with Crippen LogP contribution in [0.5, 0.6) is 0 Å². The summed E-state index contributed by atoms with van der Waals surface area (Å²) in [5.74, 6) is 0.0400. The van der Waals surface area contributed by atoms with E-state index in [9.17, 15) is 9.59 Å². The first-order valence-corrected chi connectivity index (χ1v) is 11.4. The zero-order valence-electron chi connectivity index (χ0n) is 16.7. The summed E-state index contributed by atoms with van der Waals surface area (Å²) in [6, 6.07) is 17.5. The van der Waals surface area contributed by atoms with Crippen LogP contribution in [0.25, 0.3) is 10.2 Å². The van der Waals surface area contributed by atoms with Gasteiger partial charge < -0.3 is 5.32 Å². The molecule has 5 nitrogen and oxygen atoms in total. The number of carbonyl (C=O) groups excluding carboxylic acids is 1. The van der Waals surface area contributed by atoms with Crippen LogP contribution in [0, 0.1) is 13.8 Å². The van der Waals surface area contributed by atoms with Gasteiger partial charge in [0.15, 0.2) is 5.16 Å². The highest BCUT2D eigenvalue weighted by Crippen LogP contribution is 2.22. The Kier molecular flexibility index (Phi) is 6.01. The molecule has 30 heavy (non-hydrogen) atoms. The van der Waals surface area contributed by atoms with Crippen LogP contribution in [0.15, 0.2) is 69.9 Å². The van der Waals surface area contributed by atoms with Gasteiger partial charge in [0, 0.05) is 5.69 Å². The third-order valence-electron chi connectivity index (χ3n) is 4.84. The molecule has 2 heterocycles. The van der Waals surface area contributed by atoms with E-state index < -0.39 is 0 Å². The molecule has 152 valence electrons. The van der Waals surface area contributed by atoms with E-state index in [1.165, 1.54) is 28.7 Å². The van der Waals surface area contributed by atoms with Gasteiger partial charge >= 0.3 is 0 Å². The summed E-state index contributed by atoms with van der Waals surface area (Å²) in [5.41, 5.74) is 4.69. The number of carbonyl (C=O) groups is 1. The Morgan fingerprint density at radius 2 is 1.90 bits per heavy atom. The highest BCUT2D eigenvalue weighted by atomic mass is 32.2. The molecule has 1 amide bonds. The number of aromatic nitrogens is 2. The predicted molar refractivity (Wildman–Crippen MR) is 125 cm³/mol. The molecule has 0 saturated carbocycles. The van der Waals surface area contributed by atoms with Crippen molar-refractivity contribution in [2.24, 2.45) is 0 Å². The van der Waals surface area contributed by atoms with Gasteiger partial charge in [-0.3, -0.25) is 14.2 Å². The molecule has 2 aromatic carbocycles. The van der Waals surface area contributed by atoms with Gasteiger partial charge in [-0.2, -0.15) is 0 Å². The molecule has 0 atom stereocenters. The number of fused-ring (bicyclic) bond motifs is 1. The summed E-state index contributed by atoms with van der Waals surface area (Å²) >= 11 is 2.67. The number of hydrogen-bond acceptors (Lipinski definition) is 5. The molecule has 0 radical (unpaired) electrons. The molecule has 0 aliphatic heterocycles. The number of anilines is 1. The first-order chi connectivity index (χ1) is 14.5. The van der Waals surface area contributed by atoms with Crippen LogP contribution in [0.3, 0.4) is 0 Å². The standard InChI is InChI=1S/C23H21N3O2S2/c1-15-8-9-18(12-16(15)2)24-20(27)14-30-23-25-19-10-11-29-21(19)22(28)26(23)13-17-6-4-3-5-7-17/h3-12H,13-14H2,1-2H3,(H,24,27). The largest absolute Gasteiger partial charge is 0.325 e. The third kappa shape index (κ3) is 4.47. The maximum atomic E-state index is 13.0. The van der Waals surface area contributed by atoms with E-state index in [1.54, 1.807) is 4.57 Å². The van der Waals surface area contributed by atoms with Gasteiger partial charge in [0.2, 0.25) is 5.91 Å². The second-order valence-electron chi connectivity index (χ2n) is 7.04. The Bertz CT molecular complexity index is 1260. The summed E-state index contributed by atoms with van der Waals surface area (Å²) in [6.45, 7) is 4.47. The average Bonchev–Trinajstić information content (AvgIpc) is 3.21. The van der Waals surface area contributed by atoms with Gasteiger partial charge in [-0.15, -0.1) is 11.3 Å². The highest BCUT2D eigenvalue weighted by molar-refractivity contribution is 7.99. The van der Waals surface area contributed by atoms with E-state index in [0.717, 1.165) is 16.8 Å². The zero-order chi connectivity index (χ0) is 21.1. The summed E-state index contributed by atoms with van der Waals surface area (Å²) in [6.07, 6.45) is 0.